The minimum absolute atomic E-state index is 0.0554. The van der Waals surface area contributed by atoms with Crippen LogP contribution in [0.25, 0.3) is 27.8 Å². The monoisotopic (exact) mass is 471 g/mol. The van der Waals surface area contributed by atoms with Crippen molar-refractivity contribution in [3.8, 4) is 11.3 Å². The van der Waals surface area contributed by atoms with Gasteiger partial charge in [-0.05, 0) is 29.3 Å². The Morgan fingerprint density at radius 1 is 1.23 bits per heavy atom. The van der Waals surface area contributed by atoms with Gasteiger partial charge in [0.1, 0.15) is 17.2 Å². The van der Waals surface area contributed by atoms with Gasteiger partial charge in [-0.25, -0.2) is 14.4 Å². The van der Waals surface area contributed by atoms with Crippen molar-refractivity contribution in [2.75, 3.05) is 19.4 Å². The van der Waals surface area contributed by atoms with E-state index in [0.717, 1.165) is 22.4 Å². The van der Waals surface area contributed by atoms with Crippen molar-refractivity contribution in [2.45, 2.75) is 12.6 Å². The number of imidazole rings is 1. The first-order chi connectivity index (χ1) is 16.9. The van der Waals surface area contributed by atoms with Gasteiger partial charge in [0.05, 0.1) is 54.1 Å². The van der Waals surface area contributed by atoms with E-state index in [0.29, 0.717) is 29.8 Å². The minimum Gasteiger partial charge on any atom is -0.382 e. The number of benzene rings is 2. The van der Waals surface area contributed by atoms with E-state index >= 15 is 4.39 Å². The van der Waals surface area contributed by atoms with Crippen LogP contribution in [0.3, 0.4) is 0 Å². The van der Waals surface area contributed by atoms with E-state index in [-0.39, 0.29) is 17.4 Å². The molecule has 0 radical (unpaired) electrons. The second kappa shape index (κ2) is 7.88. The molecular formula is C25H22FN7O2. The summed E-state index contributed by atoms with van der Waals surface area (Å²) in [7, 11) is 3.55. The van der Waals surface area contributed by atoms with Crippen molar-refractivity contribution in [3.05, 3.63) is 77.6 Å². The van der Waals surface area contributed by atoms with Crippen LogP contribution in [0.15, 0.2) is 55.1 Å². The Bertz CT molecular complexity index is 1620. The van der Waals surface area contributed by atoms with Gasteiger partial charge in [-0.3, -0.25) is 13.9 Å². The van der Waals surface area contributed by atoms with Crippen LogP contribution < -0.4 is 5.73 Å². The molecule has 0 bridgehead atoms. The summed E-state index contributed by atoms with van der Waals surface area (Å²) in [5.74, 6) is -0.872. The van der Waals surface area contributed by atoms with Crippen molar-refractivity contribution in [2.24, 2.45) is 7.05 Å². The predicted molar refractivity (Wildman–Crippen MR) is 128 cm³/mol. The van der Waals surface area contributed by atoms with E-state index in [2.05, 4.69) is 21.1 Å². The SMILES string of the molecule is CN(C(=O)c1cc2c(cc1F)nc(N)c1cncn12)[C@@H]1COCc2cc(-c3ccnn3C)ccc21. The summed E-state index contributed by atoms with van der Waals surface area (Å²) in [6.07, 6.45) is 4.89. The molecule has 1 atom stereocenters. The van der Waals surface area contributed by atoms with Gasteiger partial charge in [-0.1, -0.05) is 12.1 Å². The number of likely N-dealkylation sites (N-methyl/N-ethyl adjacent to an activating group) is 1. The van der Waals surface area contributed by atoms with Crippen LogP contribution in [0, 0.1) is 5.82 Å². The lowest BCUT2D eigenvalue weighted by atomic mass is 9.94. The molecule has 5 aromatic rings. The average Bonchev–Trinajstić information content (AvgIpc) is 3.52. The summed E-state index contributed by atoms with van der Waals surface area (Å²) in [5, 5.41) is 4.24. The molecule has 2 aromatic carbocycles. The maximum atomic E-state index is 15.1. The molecule has 1 aliphatic rings. The van der Waals surface area contributed by atoms with Crippen molar-refractivity contribution < 1.29 is 13.9 Å². The Labute approximate surface area is 199 Å². The van der Waals surface area contributed by atoms with Gasteiger partial charge in [0, 0.05) is 31.9 Å². The van der Waals surface area contributed by atoms with Crippen LogP contribution in [0.5, 0.6) is 0 Å². The molecule has 35 heavy (non-hydrogen) atoms. The predicted octanol–water partition coefficient (Wildman–Crippen LogP) is 3.35. The zero-order chi connectivity index (χ0) is 24.3. The van der Waals surface area contributed by atoms with Gasteiger partial charge >= 0.3 is 0 Å². The number of amides is 1. The zero-order valence-corrected chi connectivity index (χ0v) is 19.1. The average molecular weight is 471 g/mol. The molecular weight excluding hydrogens is 449 g/mol. The van der Waals surface area contributed by atoms with Gasteiger partial charge in [0.15, 0.2) is 0 Å². The molecule has 1 amide bonds. The maximum Gasteiger partial charge on any atom is 0.257 e. The molecule has 3 aromatic heterocycles. The number of halogens is 1. The quantitative estimate of drug-likeness (QED) is 0.433. The number of hydrogen-bond acceptors (Lipinski definition) is 6. The number of hydrogen-bond donors (Lipinski definition) is 1. The van der Waals surface area contributed by atoms with Crippen molar-refractivity contribution in [1.29, 1.82) is 0 Å². The standard InChI is InChI=1S/C25H22FN7O2/c1-31(23-12-35-11-15-7-14(3-4-16(15)23)20-5-6-29-32(20)2)25(34)17-8-21-19(9-18(17)26)30-24(27)22-10-28-13-33(21)22/h3-10,13,23H,11-12H2,1-2H3,(H2,27,30)/t23-/m1/s1. The van der Waals surface area contributed by atoms with Gasteiger partial charge < -0.3 is 15.4 Å². The highest BCUT2D eigenvalue weighted by atomic mass is 19.1. The zero-order valence-electron chi connectivity index (χ0n) is 19.1. The van der Waals surface area contributed by atoms with Crippen molar-refractivity contribution in [3.63, 3.8) is 0 Å². The number of rotatable bonds is 3. The lowest BCUT2D eigenvalue weighted by Crippen LogP contribution is -2.36. The number of carbonyl (C=O) groups is 1. The normalized spacial score (nSPS) is 15.5. The molecule has 0 unspecified atom stereocenters. The Morgan fingerprint density at radius 2 is 2.09 bits per heavy atom. The Kier molecular flexibility index (Phi) is 4.78. The smallest absolute Gasteiger partial charge is 0.257 e. The molecule has 6 rings (SSSR count). The Morgan fingerprint density at radius 3 is 2.89 bits per heavy atom. The Balaban J connectivity index is 1.37. The fourth-order valence-electron chi connectivity index (χ4n) is 4.76. The number of fused-ring (bicyclic) bond motifs is 4. The van der Waals surface area contributed by atoms with Crippen molar-refractivity contribution >= 4 is 28.3 Å². The number of nitrogen functional groups attached to an aromatic ring is 1. The summed E-state index contributed by atoms with van der Waals surface area (Å²) in [6.45, 7) is 0.759. The number of nitrogens with zero attached hydrogens (tertiary/aromatic N) is 6. The molecule has 0 aliphatic carbocycles. The molecule has 0 saturated carbocycles. The third-order valence-electron chi connectivity index (χ3n) is 6.64. The van der Waals surface area contributed by atoms with E-state index in [9.17, 15) is 4.79 Å². The summed E-state index contributed by atoms with van der Waals surface area (Å²) < 4.78 is 24.4. The minimum atomic E-state index is -0.663. The summed E-state index contributed by atoms with van der Waals surface area (Å²) in [6, 6.07) is 10.4. The molecule has 0 fully saturated rings. The van der Waals surface area contributed by atoms with Crippen LogP contribution in [0.2, 0.25) is 0 Å². The van der Waals surface area contributed by atoms with Crippen LogP contribution in [-0.4, -0.2) is 48.6 Å². The highest BCUT2D eigenvalue weighted by Gasteiger charge is 2.30. The molecule has 0 saturated heterocycles. The number of aryl methyl sites for hydroxylation is 1. The van der Waals surface area contributed by atoms with Crippen LogP contribution in [0.1, 0.15) is 27.5 Å². The highest BCUT2D eigenvalue weighted by molar-refractivity contribution is 5.98. The Hall–Kier alpha value is -4.31. The summed E-state index contributed by atoms with van der Waals surface area (Å²) in [4.78, 5) is 23.4. The van der Waals surface area contributed by atoms with E-state index in [1.807, 2.05) is 25.2 Å². The van der Waals surface area contributed by atoms with E-state index in [4.69, 9.17) is 10.5 Å². The van der Waals surface area contributed by atoms with Gasteiger partial charge in [0.25, 0.3) is 5.91 Å². The molecule has 9 nitrogen and oxygen atoms in total. The molecule has 1 aliphatic heterocycles. The second-order valence-corrected chi connectivity index (χ2v) is 8.67. The number of nitrogens with two attached hydrogens (primary N) is 1. The van der Waals surface area contributed by atoms with E-state index in [1.54, 1.807) is 34.9 Å². The number of ether oxygens (including phenoxy) is 1. The van der Waals surface area contributed by atoms with Crippen LogP contribution in [0.4, 0.5) is 10.2 Å². The fourth-order valence-corrected chi connectivity index (χ4v) is 4.76. The lowest BCUT2D eigenvalue weighted by molar-refractivity contribution is 0.0344. The maximum absolute atomic E-state index is 15.1. The number of anilines is 1. The third kappa shape index (κ3) is 3.33. The van der Waals surface area contributed by atoms with Crippen LogP contribution >= 0.6 is 0 Å². The third-order valence-corrected chi connectivity index (χ3v) is 6.64. The molecule has 10 heteroatoms. The number of carbonyl (C=O) groups excluding carboxylic acids is 1. The topological polar surface area (TPSA) is 104 Å². The first kappa shape index (κ1) is 21.2. The largest absolute Gasteiger partial charge is 0.382 e. The highest BCUT2D eigenvalue weighted by Crippen LogP contribution is 2.33. The fraction of sp³-hybridized carbons (Fsp3) is 0.200. The van der Waals surface area contributed by atoms with Crippen molar-refractivity contribution in [1.82, 2.24) is 29.0 Å². The summed E-state index contributed by atoms with van der Waals surface area (Å²) >= 11 is 0. The molecule has 176 valence electrons. The van der Waals surface area contributed by atoms with Crippen LogP contribution in [-0.2, 0) is 18.4 Å². The van der Waals surface area contributed by atoms with Gasteiger partial charge in [-0.2, -0.15) is 5.10 Å². The van der Waals surface area contributed by atoms with E-state index in [1.165, 1.54) is 17.0 Å². The first-order valence-corrected chi connectivity index (χ1v) is 11.1. The van der Waals surface area contributed by atoms with E-state index < -0.39 is 11.7 Å². The lowest BCUT2D eigenvalue weighted by Gasteiger charge is -2.33. The van der Waals surface area contributed by atoms with Gasteiger partial charge in [-0.15, -0.1) is 0 Å². The first-order valence-electron chi connectivity index (χ1n) is 11.1. The molecule has 0 spiro atoms. The summed E-state index contributed by atoms with van der Waals surface area (Å²) in [5.41, 5.74) is 11.4. The number of aromatic nitrogens is 5. The van der Waals surface area contributed by atoms with Gasteiger partial charge in [0.2, 0.25) is 0 Å². The molecule has 4 heterocycles. The second-order valence-electron chi connectivity index (χ2n) is 8.67. The molecule has 2 N–H and O–H groups in total.